The Kier molecular flexibility index (Phi) is 4.19. The number of carbonyl (C=O) groups is 1. The zero-order chi connectivity index (χ0) is 13.0. The minimum Gasteiger partial charge on any atom is -0.461 e. The third-order valence-corrected chi connectivity index (χ3v) is 3.31. The average Bonchev–Trinajstić information content (AvgIpc) is 2.89. The van der Waals surface area contributed by atoms with E-state index in [1.54, 1.807) is 6.92 Å². The van der Waals surface area contributed by atoms with Gasteiger partial charge in [0.05, 0.1) is 12.8 Å². The Morgan fingerprint density at radius 3 is 2.94 bits per heavy atom. The third-order valence-electron chi connectivity index (χ3n) is 3.31. The Bertz CT molecular complexity index is 397. The average molecular weight is 252 g/mol. The van der Waals surface area contributed by atoms with Crippen LogP contribution in [-0.4, -0.2) is 42.2 Å². The first-order valence-corrected chi connectivity index (χ1v) is 6.41. The molecule has 0 spiro atoms. The molecule has 0 bridgehead atoms. The number of rotatable bonds is 4. The monoisotopic (exact) mass is 252 g/mol. The van der Waals surface area contributed by atoms with Crippen molar-refractivity contribution in [2.75, 3.05) is 31.1 Å². The number of ether oxygens (including phenoxy) is 1. The van der Waals surface area contributed by atoms with Gasteiger partial charge in [0.15, 0.2) is 0 Å². The van der Waals surface area contributed by atoms with Gasteiger partial charge >= 0.3 is 5.97 Å². The van der Waals surface area contributed by atoms with E-state index >= 15 is 0 Å². The van der Waals surface area contributed by atoms with Crippen molar-refractivity contribution in [3.05, 3.63) is 11.9 Å². The summed E-state index contributed by atoms with van der Waals surface area (Å²) in [5.74, 6) is 1.00. The molecule has 0 radical (unpaired) electrons. The summed E-state index contributed by atoms with van der Waals surface area (Å²) in [6.45, 7) is 4.76. The van der Waals surface area contributed by atoms with Gasteiger partial charge in [-0.05, 0) is 32.2 Å². The third kappa shape index (κ3) is 2.81. The molecule has 0 saturated carbocycles. The number of esters is 1. The lowest BCUT2D eigenvalue weighted by molar-refractivity contribution is 0.0520. The normalized spacial score (nSPS) is 16.9. The summed E-state index contributed by atoms with van der Waals surface area (Å²) in [7, 11) is 0. The van der Waals surface area contributed by atoms with E-state index in [1.807, 2.05) is 0 Å². The van der Waals surface area contributed by atoms with E-state index in [1.165, 1.54) is 6.20 Å². The van der Waals surface area contributed by atoms with E-state index < -0.39 is 0 Å². The molecule has 0 unspecified atom stereocenters. The van der Waals surface area contributed by atoms with Gasteiger partial charge in [0.2, 0.25) is 5.95 Å². The molecule has 6 heteroatoms. The van der Waals surface area contributed by atoms with Crippen molar-refractivity contribution >= 4 is 11.9 Å². The molecule has 1 fully saturated rings. The highest BCUT2D eigenvalue weighted by molar-refractivity contribution is 5.87. The van der Waals surface area contributed by atoms with Crippen LogP contribution in [0.5, 0.6) is 0 Å². The van der Waals surface area contributed by atoms with E-state index in [4.69, 9.17) is 10.5 Å². The predicted octanol–water partition coefficient (Wildman–Crippen LogP) is 0.761. The van der Waals surface area contributed by atoms with Gasteiger partial charge < -0.3 is 20.4 Å². The molecule has 1 aliphatic rings. The number of nitrogens with one attached hydrogen (secondary N) is 1. The highest BCUT2D eigenvalue weighted by atomic mass is 16.5. The van der Waals surface area contributed by atoms with Crippen LogP contribution in [0, 0.1) is 5.92 Å². The van der Waals surface area contributed by atoms with Gasteiger partial charge in [0.1, 0.15) is 5.69 Å². The first-order chi connectivity index (χ1) is 8.74. The molecule has 1 aliphatic heterocycles. The highest BCUT2D eigenvalue weighted by Crippen LogP contribution is 2.20. The molecule has 0 aliphatic carbocycles. The number of nitrogens with two attached hydrogens (primary N) is 1. The molecule has 2 heterocycles. The second kappa shape index (κ2) is 5.86. The summed E-state index contributed by atoms with van der Waals surface area (Å²) >= 11 is 0. The molecule has 0 amide bonds. The molecule has 1 saturated heterocycles. The van der Waals surface area contributed by atoms with Gasteiger partial charge in [-0.1, -0.05) is 0 Å². The molecular formula is C12H20N4O2. The van der Waals surface area contributed by atoms with Crippen molar-refractivity contribution in [1.82, 2.24) is 9.97 Å². The van der Waals surface area contributed by atoms with Crippen molar-refractivity contribution in [2.45, 2.75) is 19.8 Å². The molecule has 6 nitrogen and oxygen atoms in total. The van der Waals surface area contributed by atoms with Crippen LogP contribution in [0.25, 0.3) is 0 Å². The number of hydrogen-bond donors (Lipinski definition) is 2. The Morgan fingerprint density at radius 2 is 2.33 bits per heavy atom. The van der Waals surface area contributed by atoms with Crippen molar-refractivity contribution in [2.24, 2.45) is 11.7 Å². The van der Waals surface area contributed by atoms with Crippen LogP contribution in [0.4, 0.5) is 5.95 Å². The maximum atomic E-state index is 11.5. The lowest BCUT2D eigenvalue weighted by atomic mass is 9.97. The minimum absolute atomic E-state index is 0.354. The quantitative estimate of drug-likeness (QED) is 0.773. The van der Waals surface area contributed by atoms with Crippen LogP contribution < -0.4 is 10.6 Å². The Hall–Kier alpha value is -1.56. The molecule has 3 N–H and O–H groups in total. The molecular weight excluding hydrogens is 232 g/mol. The molecule has 0 aromatic carbocycles. The molecule has 100 valence electrons. The van der Waals surface area contributed by atoms with Crippen molar-refractivity contribution < 1.29 is 9.53 Å². The summed E-state index contributed by atoms with van der Waals surface area (Å²) in [5.41, 5.74) is 6.07. The lowest BCUT2D eigenvalue weighted by Crippen LogP contribution is -2.36. The number of anilines is 1. The lowest BCUT2D eigenvalue weighted by Gasteiger charge is -2.31. The van der Waals surface area contributed by atoms with Crippen LogP contribution in [0.3, 0.4) is 0 Å². The number of hydrogen-bond acceptors (Lipinski definition) is 5. The maximum Gasteiger partial charge on any atom is 0.356 e. The van der Waals surface area contributed by atoms with Crippen LogP contribution in [0.15, 0.2) is 6.20 Å². The topological polar surface area (TPSA) is 84.2 Å². The zero-order valence-electron chi connectivity index (χ0n) is 10.7. The first kappa shape index (κ1) is 12.9. The summed E-state index contributed by atoms with van der Waals surface area (Å²) in [6.07, 6.45) is 3.68. The van der Waals surface area contributed by atoms with Crippen LogP contribution in [0.1, 0.15) is 30.3 Å². The Labute approximate surface area is 107 Å². The fourth-order valence-electron chi connectivity index (χ4n) is 2.16. The van der Waals surface area contributed by atoms with Crippen molar-refractivity contribution in [3.63, 3.8) is 0 Å². The second-order valence-electron chi connectivity index (χ2n) is 4.51. The zero-order valence-corrected chi connectivity index (χ0v) is 10.7. The summed E-state index contributed by atoms with van der Waals surface area (Å²) in [5, 5.41) is 0. The molecule has 18 heavy (non-hydrogen) atoms. The first-order valence-electron chi connectivity index (χ1n) is 6.41. The van der Waals surface area contributed by atoms with Gasteiger partial charge in [-0.25, -0.2) is 9.78 Å². The predicted molar refractivity (Wildman–Crippen MR) is 68.5 cm³/mol. The van der Waals surface area contributed by atoms with Gasteiger partial charge in [-0.2, -0.15) is 0 Å². The van der Waals surface area contributed by atoms with Gasteiger partial charge in [-0.3, -0.25) is 0 Å². The Morgan fingerprint density at radius 1 is 1.61 bits per heavy atom. The van der Waals surface area contributed by atoms with Gasteiger partial charge in [0.25, 0.3) is 0 Å². The van der Waals surface area contributed by atoms with E-state index in [0.29, 0.717) is 18.2 Å². The number of aromatic nitrogens is 2. The van der Waals surface area contributed by atoms with E-state index in [-0.39, 0.29) is 5.97 Å². The summed E-state index contributed by atoms with van der Waals surface area (Å²) < 4.78 is 4.92. The number of imidazole rings is 1. The van der Waals surface area contributed by atoms with Crippen LogP contribution in [-0.2, 0) is 4.74 Å². The van der Waals surface area contributed by atoms with E-state index in [9.17, 15) is 4.79 Å². The van der Waals surface area contributed by atoms with E-state index in [0.717, 1.165) is 38.4 Å². The van der Waals surface area contributed by atoms with Crippen LogP contribution >= 0.6 is 0 Å². The standard InChI is InChI=1S/C12H20N4O2/c1-2-18-11(17)10-8-14-12(15-10)16-5-3-9(7-13)4-6-16/h8-9H,2-7,13H2,1H3,(H,14,15). The number of carbonyl (C=O) groups excluding carboxylic acids is 1. The summed E-state index contributed by atoms with van der Waals surface area (Å²) in [6, 6.07) is 0. The fraction of sp³-hybridized carbons (Fsp3) is 0.667. The Balaban J connectivity index is 1.96. The molecule has 2 rings (SSSR count). The second-order valence-corrected chi connectivity index (χ2v) is 4.51. The molecule has 0 atom stereocenters. The van der Waals surface area contributed by atoms with Crippen LogP contribution in [0.2, 0.25) is 0 Å². The van der Waals surface area contributed by atoms with Crippen molar-refractivity contribution in [1.29, 1.82) is 0 Å². The van der Waals surface area contributed by atoms with Crippen molar-refractivity contribution in [3.8, 4) is 0 Å². The highest BCUT2D eigenvalue weighted by Gasteiger charge is 2.21. The number of nitrogens with zero attached hydrogens (tertiary/aromatic N) is 2. The van der Waals surface area contributed by atoms with Gasteiger partial charge in [-0.15, -0.1) is 0 Å². The molecule has 1 aromatic heterocycles. The van der Waals surface area contributed by atoms with Gasteiger partial charge in [0, 0.05) is 13.1 Å². The SMILES string of the molecule is CCOC(=O)c1cnc(N2CCC(CN)CC2)[nH]1. The summed E-state index contributed by atoms with van der Waals surface area (Å²) in [4.78, 5) is 20.9. The van der Waals surface area contributed by atoms with E-state index in [2.05, 4.69) is 14.9 Å². The minimum atomic E-state index is -0.354. The number of piperidine rings is 1. The fourth-order valence-corrected chi connectivity index (χ4v) is 2.16. The smallest absolute Gasteiger partial charge is 0.356 e. The number of aromatic amines is 1. The maximum absolute atomic E-state index is 11.5. The number of H-pyrrole nitrogens is 1. The largest absolute Gasteiger partial charge is 0.461 e. The molecule has 1 aromatic rings.